The Bertz CT molecular complexity index is 651. The van der Waals surface area contributed by atoms with Crippen molar-refractivity contribution in [2.75, 3.05) is 19.6 Å². The highest BCUT2D eigenvalue weighted by atomic mass is 15.4. The van der Waals surface area contributed by atoms with E-state index in [0.717, 1.165) is 24.5 Å². The van der Waals surface area contributed by atoms with Gasteiger partial charge in [0.15, 0.2) is 0 Å². The second-order valence-corrected chi connectivity index (χ2v) is 6.14. The number of aryl methyl sites for hydroxylation is 1. The second kappa shape index (κ2) is 7.53. The van der Waals surface area contributed by atoms with Crippen molar-refractivity contribution in [3.8, 4) is 0 Å². The zero-order valence-corrected chi connectivity index (χ0v) is 13.8. The maximum atomic E-state index is 5.81. The Labute approximate surface area is 137 Å². The first-order valence-electron chi connectivity index (χ1n) is 8.36. The van der Waals surface area contributed by atoms with Crippen LogP contribution in [0.4, 0.5) is 0 Å². The molecular weight excluding hydrogens is 286 g/mol. The van der Waals surface area contributed by atoms with Crippen LogP contribution in [0.25, 0.3) is 12.2 Å². The maximum Gasteiger partial charge on any atom is 0.104 e. The van der Waals surface area contributed by atoms with Crippen LogP contribution in [0, 0.1) is 6.92 Å². The molecule has 0 amide bonds. The topological polar surface area (TPSA) is 60.0 Å². The van der Waals surface area contributed by atoms with E-state index in [1.165, 1.54) is 37.1 Å². The second-order valence-electron chi connectivity index (χ2n) is 6.14. The van der Waals surface area contributed by atoms with E-state index in [-0.39, 0.29) is 0 Å². The predicted octanol–water partition coefficient (Wildman–Crippen LogP) is 2.31. The van der Waals surface area contributed by atoms with E-state index in [4.69, 9.17) is 5.73 Å². The maximum absolute atomic E-state index is 5.81. The van der Waals surface area contributed by atoms with Crippen LogP contribution in [0.3, 0.4) is 0 Å². The van der Waals surface area contributed by atoms with Crippen molar-refractivity contribution in [3.05, 3.63) is 46.8 Å². The Morgan fingerprint density at radius 1 is 1.09 bits per heavy atom. The van der Waals surface area contributed by atoms with Gasteiger partial charge in [-0.1, -0.05) is 41.1 Å². The molecule has 5 heteroatoms. The minimum Gasteiger partial charge on any atom is -0.325 e. The third-order valence-corrected chi connectivity index (χ3v) is 4.38. The largest absolute Gasteiger partial charge is 0.325 e. The van der Waals surface area contributed by atoms with Gasteiger partial charge in [0.05, 0.1) is 12.2 Å². The molecular formula is C18H25N5. The van der Waals surface area contributed by atoms with Crippen LogP contribution in [0.2, 0.25) is 0 Å². The van der Waals surface area contributed by atoms with E-state index in [2.05, 4.69) is 58.6 Å². The van der Waals surface area contributed by atoms with Gasteiger partial charge in [0, 0.05) is 13.1 Å². The lowest BCUT2D eigenvalue weighted by Crippen LogP contribution is -2.25. The lowest BCUT2D eigenvalue weighted by atomic mass is 10.1. The lowest BCUT2D eigenvalue weighted by molar-refractivity contribution is 0.313. The molecule has 1 aliphatic heterocycles. The molecule has 122 valence electrons. The lowest BCUT2D eigenvalue weighted by Gasteiger charge is -2.14. The monoisotopic (exact) mass is 311 g/mol. The molecule has 0 radical (unpaired) electrons. The van der Waals surface area contributed by atoms with Crippen LogP contribution >= 0.6 is 0 Å². The van der Waals surface area contributed by atoms with Crippen LogP contribution in [0.5, 0.6) is 0 Å². The van der Waals surface area contributed by atoms with Crippen LogP contribution < -0.4 is 5.73 Å². The Hall–Kier alpha value is -1.98. The molecule has 2 N–H and O–H groups in total. The number of nitrogens with zero attached hydrogens (tertiary/aromatic N) is 4. The smallest absolute Gasteiger partial charge is 0.104 e. The number of hydrogen-bond acceptors (Lipinski definition) is 4. The number of aromatic nitrogens is 3. The number of nitrogens with two attached hydrogens (primary N) is 1. The van der Waals surface area contributed by atoms with Gasteiger partial charge >= 0.3 is 0 Å². The van der Waals surface area contributed by atoms with Crippen molar-refractivity contribution in [1.82, 2.24) is 19.9 Å². The summed E-state index contributed by atoms with van der Waals surface area (Å²) in [4.78, 5) is 2.48. The van der Waals surface area contributed by atoms with E-state index < -0.39 is 0 Å². The molecule has 1 fully saturated rings. The number of likely N-dealkylation sites (tertiary alicyclic amines) is 1. The van der Waals surface area contributed by atoms with E-state index in [1.807, 2.05) is 4.68 Å². The summed E-state index contributed by atoms with van der Waals surface area (Å²) in [7, 11) is 0. The van der Waals surface area contributed by atoms with Crippen LogP contribution in [-0.2, 0) is 13.1 Å². The van der Waals surface area contributed by atoms with Crippen LogP contribution in [0.1, 0.15) is 35.4 Å². The summed E-state index contributed by atoms with van der Waals surface area (Å²) in [6.45, 7) is 6.80. The molecule has 23 heavy (non-hydrogen) atoms. The SMILES string of the molecule is Cc1ccc(/C=C/c2c(CN)nnn2CCN2CCCC2)cc1. The molecule has 0 atom stereocenters. The fraction of sp³-hybridized carbons (Fsp3) is 0.444. The van der Waals surface area contributed by atoms with Gasteiger partial charge in [-0.2, -0.15) is 0 Å². The Morgan fingerprint density at radius 3 is 2.52 bits per heavy atom. The minimum atomic E-state index is 0.414. The van der Waals surface area contributed by atoms with E-state index in [9.17, 15) is 0 Å². The van der Waals surface area contributed by atoms with E-state index in [0.29, 0.717) is 6.54 Å². The first-order valence-corrected chi connectivity index (χ1v) is 8.36. The molecule has 2 heterocycles. The molecule has 1 saturated heterocycles. The first kappa shape index (κ1) is 15.9. The highest BCUT2D eigenvalue weighted by molar-refractivity contribution is 5.69. The summed E-state index contributed by atoms with van der Waals surface area (Å²) in [6.07, 6.45) is 6.80. The normalized spacial score (nSPS) is 15.7. The number of rotatable bonds is 6. The molecule has 1 aromatic heterocycles. The predicted molar refractivity (Wildman–Crippen MR) is 93.7 cm³/mol. The fourth-order valence-electron chi connectivity index (χ4n) is 2.94. The zero-order valence-electron chi connectivity index (χ0n) is 13.8. The van der Waals surface area contributed by atoms with E-state index >= 15 is 0 Å². The Balaban J connectivity index is 1.73. The van der Waals surface area contributed by atoms with Gasteiger partial charge in [0.2, 0.25) is 0 Å². The highest BCUT2D eigenvalue weighted by Gasteiger charge is 2.13. The van der Waals surface area contributed by atoms with Gasteiger partial charge in [-0.25, -0.2) is 4.68 Å². The number of hydrogen-bond donors (Lipinski definition) is 1. The number of benzene rings is 1. The van der Waals surface area contributed by atoms with Crippen molar-refractivity contribution < 1.29 is 0 Å². The summed E-state index contributed by atoms with van der Waals surface area (Å²) >= 11 is 0. The summed E-state index contributed by atoms with van der Waals surface area (Å²) in [5.41, 5.74) is 10.1. The molecule has 1 aliphatic rings. The summed E-state index contributed by atoms with van der Waals surface area (Å²) < 4.78 is 1.98. The van der Waals surface area contributed by atoms with Crippen molar-refractivity contribution in [1.29, 1.82) is 0 Å². The quantitative estimate of drug-likeness (QED) is 0.889. The molecule has 2 aromatic rings. The third-order valence-electron chi connectivity index (χ3n) is 4.38. The van der Waals surface area contributed by atoms with Gasteiger partial charge in [0.25, 0.3) is 0 Å². The van der Waals surface area contributed by atoms with Gasteiger partial charge < -0.3 is 10.6 Å². The van der Waals surface area contributed by atoms with Crippen molar-refractivity contribution in [2.24, 2.45) is 5.73 Å². The Kier molecular flexibility index (Phi) is 5.20. The van der Waals surface area contributed by atoms with Gasteiger partial charge in [-0.15, -0.1) is 5.10 Å². The van der Waals surface area contributed by atoms with Gasteiger partial charge in [-0.3, -0.25) is 0 Å². The van der Waals surface area contributed by atoms with Crippen molar-refractivity contribution in [3.63, 3.8) is 0 Å². The molecule has 0 aliphatic carbocycles. The molecule has 5 nitrogen and oxygen atoms in total. The minimum absolute atomic E-state index is 0.414. The summed E-state index contributed by atoms with van der Waals surface area (Å²) in [5, 5.41) is 8.51. The molecule has 1 aromatic carbocycles. The van der Waals surface area contributed by atoms with E-state index in [1.54, 1.807) is 0 Å². The molecule has 0 saturated carbocycles. The molecule has 0 spiro atoms. The van der Waals surface area contributed by atoms with Crippen molar-refractivity contribution >= 4 is 12.2 Å². The first-order chi connectivity index (χ1) is 11.3. The van der Waals surface area contributed by atoms with Gasteiger partial charge in [0.1, 0.15) is 5.69 Å². The average molecular weight is 311 g/mol. The molecule has 0 unspecified atom stereocenters. The molecule has 0 bridgehead atoms. The van der Waals surface area contributed by atoms with Crippen LogP contribution in [-0.4, -0.2) is 39.5 Å². The highest BCUT2D eigenvalue weighted by Crippen LogP contribution is 2.13. The Morgan fingerprint density at radius 2 is 1.83 bits per heavy atom. The average Bonchev–Trinajstić information content (AvgIpc) is 3.21. The fourth-order valence-corrected chi connectivity index (χ4v) is 2.94. The van der Waals surface area contributed by atoms with Crippen LogP contribution in [0.15, 0.2) is 24.3 Å². The standard InChI is InChI=1S/C18H25N5/c1-15-4-6-16(7-5-15)8-9-18-17(14-19)20-21-23(18)13-12-22-10-2-3-11-22/h4-9H,2-3,10-14,19H2,1H3/b9-8+. The third kappa shape index (κ3) is 4.06. The van der Waals surface area contributed by atoms with Gasteiger partial charge in [-0.05, 0) is 44.5 Å². The molecule has 3 rings (SSSR count). The zero-order chi connectivity index (χ0) is 16.1. The van der Waals surface area contributed by atoms with Crippen molar-refractivity contribution in [2.45, 2.75) is 32.9 Å². The summed E-state index contributed by atoms with van der Waals surface area (Å²) in [5.74, 6) is 0. The summed E-state index contributed by atoms with van der Waals surface area (Å²) in [6, 6.07) is 8.47.